The van der Waals surface area contributed by atoms with Gasteiger partial charge >= 0.3 is 0 Å². The van der Waals surface area contributed by atoms with Gasteiger partial charge in [0, 0.05) is 30.1 Å². The number of nitrogens with one attached hydrogen (secondary N) is 1. The number of morpholine rings is 1. The lowest BCUT2D eigenvalue weighted by Gasteiger charge is -2.34. The van der Waals surface area contributed by atoms with E-state index < -0.39 is 0 Å². The highest BCUT2D eigenvalue weighted by Crippen LogP contribution is 2.25. The fraction of sp³-hybridized carbons (Fsp3) is 0.450. The molecule has 2 aromatic rings. The number of amides is 1. The Morgan fingerprint density at radius 1 is 1.27 bits per heavy atom. The molecule has 140 valence electrons. The maximum absolute atomic E-state index is 12.5. The molecule has 5 nitrogen and oxygen atoms in total. The van der Waals surface area contributed by atoms with Crippen LogP contribution < -0.4 is 10.1 Å². The van der Waals surface area contributed by atoms with Gasteiger partial charge in [-0.25, -0.2) is 0 Å². The molecular formula is C20H26N2O3S. The van der Waals surface area contributed by atoms with Gasteiger partial charge in [-0.1, -0.05) is 13.0 Å². The Labute approximate surface area is 158 Å². The number of nitrogens with zero attached hydrogens (tertiary/aromatic N) is 1. The van der Waals surface area contributed by atoms with E-state index in [2.05, 4.69) is 34.7 Å². The summed E-state index contributed by atoms with van der Waals surface area (Å²) >= 11 is 1.73. The lowest BCUT2D eigenvalue weighted by atomic mass is 10.1. The second kappa shape index (κ2) is 9.71. The van der Waals surface area contributed by atoms with Gasteiger partial charge in [-0.05, 0) is 42.1 Å². The van der Waals surface area contributed by atoms with Gasteiger partial charge in [0.1, 0.15) is 5.75 Å². The van der Waals surface area contributed by atoms with Crippen LogP contribution in [0.2, 0.25) is 0 Å². The average Bonchev–Trinajstić information content (AvgIpc) is 3.22. The Bertz CT molecular complexity index is 667. The minimum Gasteiger partial charge on any atom is -0.494 e. The highest BCUT2D eigenvalue weighted by Gasteiger charge is 2.24. The van der Waals surface area contributed by atoms with Gasteiger partial charge in [-0.2, -0.15) is 0 Å². The van der Waals surface area contributed by atoms with Crippen molar-refractivity contribution in [1.82, 2.24) is 10.2 Å². The van der Waals surface area contributed by atoms with E-state index in [1.807, 2.05) is 24.3 Å². The molecule has 2 heterocycles. The van der Waals surface area contributed by atoms with Crippen LogP contribution in [0.25, 0.3) is 0 Å². The number of benzene rings is 1. The van der Waals surface area contributed by atoms with Crippen LogP contribution in [0.15, 0.2) is 41.8 Å². The third-order valence-electron chi connectivity index (χ3n) is 4.40. The standard InChI is InChI=1S/C20H26N2O3S/c1-2-11-25-17-7-5-16(6-8-17)20(23)21-15-18(19-4-3-14-26-19)22-9-12-24-13-10-22/h3-8,14,18H,2,9-13,15H2,1H3,(H,21,23). The van der Waals surface area contributed by atoms with Crippen LogP contribution in [0.5, 0.6) is 5.75 Å². The molecule has 1 atom stereocenters. The third-order valence-corrected chi connectivity index (χ3v) is 5.38. The van der Waals surface area contributed by atoms with Crippen LogP contribution in [0.3, 0.4) is 0 Å². The van der Waals surface area contributed by atoms with E-state index in [0.717, 1.165) is 38.5 Å². The van der Waals surface area contributed by atoms with Crippen molar-refractivity contribution in [3.8, 4) is 5.75 Å². The molecule has 1 unspecified atom stereocenters. The largest absolute Gasteiger partial charge is 0.494 e. The van der Waals surface area contributed by atoms with E-state index in [9.17, 15) is 4.79 Å². The summed E-state index contributed by atoms with van der Waals surface area (Å²) in [6.07, 6.45) is 0.966. The molecule has 0 aliphatic carbocycles. The summed E-state index contributed by atoms with van der Waals surface area (Å²) in [4.78, 5) is 16.2. The van der Waals surface area contributed by atoms with E-state index in [-0.39, 0.29) is 11.9 Å². The molecule has 1 saturated heterocycles. The molecule has 0 radical (unpaired) electrons. The van der Waals surface area contributed by atoms with E-state index >= 15 is 0 Å². The fourth-order valence-corrected chi connectivity index (χ4v) is 3.85. The fourth-order valence-electron chi connectivity index (χ4n) is 2.99. The molecule has 26 heavy (non-hydrogen) atoms. The average molecular weight is 375 g/mol. The van der Waals surface area contributed by atoms with E-state index in [1.165, 1.54) is 4.88 Å². The number of carbonyl (C=O) groups excluding carboxylic acids is 1. The van der Waals surface area contributed by atoms with E-state index in [4.69, 9.17) is 9.47 Å². The van der Waals surface area contributed by atoms with Crippen molar-refractivity contribution in [2.24, 2.45) is 0 Å². The molecule has 1 aliphatic heterocycles. The summed E-state index contributed by atoms with van der Waals surface area (Å²) in [5.41, 5.74) is 0.653. The number of carbonyl (C=O) groups is 1. The Kier molecular flexibility index (Phi) is 7.05. The number of hydrogen-bond donors (Lipinski definition) is 1. The van der Waals surface area contributed by atoms with Crippen LogP contribution in [-0.4, -0.2) is 50.3 Å². The quantitative estimate of drug-likeness (QED) is 0.770. The molecule has 1 aliphatic rings. The van der Waals surface area contributed by atoms with Crippen molar-refractivity contribution in [2.45, 2.75) is 19.4 Å². The molecule has 1 N–H and O–H groups in total. The monoisotopic (exact) mass is 374 g/mol. The molecule has 1 fully saturated rings. The highest BCUT2D eigenvalue weighted by molar-refractivity contribution is 7.10. The molecule has 0 bridgehead atoms. The first-order valence-corrected chi connectivity index (χ1v) is 10.0. The highest BCUT2D eigenvalue weighted by atomic mass is 32.1. The number of thiophene rings is 1. The number of hydrogen-bond acceptors (Lipinski definition) is 5. The summed E-state index contributed by atoms with van der Waals surface area (Å²) in [6, 6.07) is 11.7. The molecule has 0 spiro atoms. The summed E-state index contributed by atoms with van der Waals surface area (Å²) in [6.45, 7) is 6.62. The van der Waals surface area contributed by atoms with Gasteiger partial charge in [0.05, 0.1) is 25.9 Å². The first kappa shape index (κ1) is 18.9. The van der Waals surface area contributed by atoms with Crippen LogP contribution in [0.4, 0.5) is 0 Å². The maximum atomic E-state index is 12.5. The van der Waals surface area contributed by atoms with E-state index in [1.54, 1.807) is 11.3 Å². The summed E-state index contributed by atoms with van der Waals surface area (Å²) < 4.78 is 11.0. The summed E-state index contributed by atoms with van der Waals surface area (Å²) in [5, 5.41) is 5.17. The normalized spacial score (nSPS) is 16.2. The molecule has 1 aromatic carbocycles. The van der Waals surface area contributed by atoms with Crippen LogP contribution in [-0.2, 0) is 4.74 Å². The van der Waals surface area contributed by atoms with Crippen LogP contribution in [0.1, 0.15) is 34.6 Å². The van der Waals surface area contributed by atoms with Crippen molar-refractivity contribution >= 4 is 17.2 Å². The van der Waals surface area contributed by atoms with Crippen LogP contribution in [0, 0.1) is 0 Å². The van der Waals surface area contributed by atoms with Crippen molar-refractivity contribution in [3.05, 3.63) is 52.2 Å². The zero-order chi connectivity index (χ0) is 18.2. The van der Waals surface area contributed by atoms with E-state index in [0.29, 0.717) is 18.7 Å². The molecule has 3 rings (SSSR count). The minimum absolute atomic E-state index is 0.0538. The van der Waals surface area contributed by atoms with Crippen molar-refractivity contribution < 1.29 is 14.3 Å². The second-order valence-electron chi connectivity index (χ2n) is 6.26. The number of rotatable bonds is 8. The first-order chi connectivity index (χ1) is 12.8. The van der Waals surface area contributed by atoms with Gasteiger partial charge in [0.25, 0.3) is 5.91 Å². The van der Waals surface area contributed by atoms with Gasteiger partial charge in [-0.15, -0.1) is 11.3 Å². The lowest BCUT2D eigenvalue weighted by molar-refractivity contribution is 0.0169. The number of ether oxygens (including phenoxy) is 2. The van der Waals surface area contributed by atoms with Crippen LogP contribution >= 0.6 is 11.3 Å². The minimum atomic E-state index is -0.0538. The van der Waals surface area contributed by atoms with Gasteiger partial charge in [-0.3, -0.25) is 9.69 Å². The predicted octanol–water partition coefficient (Wildman–Crippen LogP) is 3.34. The van der Waals surface area contributed by atoms with Gasteiger partial charge in [0.15, 0.2) is 0 Å². The Balaban J connectivity index is 1.60. The molecule has 6 heteroatoms. The third kappa shape index (κ3) is 5.06. The zero-order valence-electron chi connectivity index (χ0n) is 15.1. The molecule has 1 amide bonds. The van der Waals surface area contributed by atoms with Gasteiger partial charge < -0.3 is 14.8 Å². The lowest BCUT2D eigenvalue weighted by Crippen LogP contribution is -2.43. The zero-order valence-corrected chi connectivity index (χ0v) is 16.0. The Hall–Kier alpha value is -1.89. The molecular weight excluding hydrogens is 348 g/mol. The topological polar surface area (TPSA) is 50.8 Å². The SMILES string of the molecule is CCCOc1ccc(C(=O)NCC(c2cccs2)N2CCOCC2)cc1. The van der Waals surface area contributed by atoms with Crippen molar-refractivity contribution in [2.75, 3.05) is 39.5 Å². The maximum Gasteiger partial charge on any atom is 0.251 e. The summed E-state index contributed by atoms with van der Waals surface area (Å²) in [7, 11) is 0. The molecule has 1 aromatic heterocycles. The predicted molar refractivity (Wildman–Crippen MR) is 104 cm³/mol. The first-order valence-electron chi connectivity index (χ1n) is 9.14. The van der Waals surface area contributed by atoms with Crippen molar-refractivity contribution in [3.63, 3.8) is 0 Å². The summed E-state index contributed by atoms with van der Waals surface area (Å²) in [5.74, 6) is 0.745. The van der Waals surface area contributed by atoms with Crippen molar-refractivity contribution in [1.29, 1.82) is 0 Å². The van der Waals surface area contributed by atoms with Gasteiger partial charge in [0.2, 0.25) is 0 Å². The Morgan fingerprint density at radius 3 is 2.69 bits per heavy atom. The smallest absolute Gasteiger partial charge is 0.251 e. The molecule has 0 saturated carbocycles. The Morgan fingerprint density at radius 2 is 2.04 bits per heavy atom. The second-order valence-corrected chi connectivity index (χ2v) is 7.24.